The summed E-state index contributed by atoms with van der Waals surface area (Å²) in [5, 5.41) is 3.66. The first-order valence-corrected chi connectivity index (χ1v) is 8.92. The Hall–Kier alpha value is -2.82. The summed E-state index contributed by atoms with van der Waals surface area (Å²) in [6.07, 6.45) is 5.58. The molecule has 0 saturated carbocycles. The van der Waals surface area contributed by atoms with E-state index in [9.17, 15) is 4.79 Å². The van der Waals surface area contributed by atoms with Gasteiger partial charge in [0.1, 0.15) is 5.75 Å². The fourth-order valence-electron chi connectivity index (χ4n) is 2.31. The van der Waals surface area contributed by atoms with Gasteiger partial charge in [0.2, 0.25) is 0 Å². The van der Waals surface area contributed by atoms with Crippen molar-refractivity contribution in [3.63, 3.8) is 0 Å². The minimum Gasteiger partial charge on any atom is -0.482 e. The van der Waals surface area contributed by atoms with Gasteiger partial charge in [0, 0.05) is 16.9 Å². The molecule has 0 bridgehead atoms. The maximum Gasteiger partial charge on any atom is 0.262 e. The van der Waals surface area contributed by atoms with Crippen molar-refractivity contribution in [2.24, 2.45) is 0 Å². The molecule has 0 atom stereocenters. The van der Waals surface area contributed by atoms with Crippen LogP contribution in [0.4, 0.5) is 5.69 Å². The number of benzene rings is 2. The molecule has 3 rings (SSSR count). The summed E-state index contributed by atoms with van der Waals surface area (Å²) >= 11 is 11.9. The average Bonchev–Trinajstić information content (AvgIpc) is 2.67. The molecule has 0 unspecified atom stereocenters. The van der Waals surface area contributed by atoms with Gasteiger partial charge in [0.05, 0.1) is 10.7 Å². The Labute approximate surface area is 167 Å². The van der Waals surface area contributed by atoms with Crippen LogP contribution in [0.15, 0.2) is 66.9 Å². The Bertz CT molecular complexity index is 959. The van der Waals surface area contributed by atoms with Crippen LogP contribution in [0.25, 0.3) is 12.2 Å². The van der Waals surface area contributed by atoms with Crippen LogP contribution in [0, 0.1) is 0 Å². The zero-order chi connectivity index (χ0) is 19.1. The standard InChI is InChI=1S/C21H16Cl2N2O2/c22-16-8-10-20(19(23)13-16)27-14-21(26)25-18-6-3-4-15(12-18)7-9-17-5-1-2-11-24-17/h1-13H,14H2,(H,25,26)/b9-7+. The number of halogens is 2. The second-order valence-electron chi connectivity index (χ2n) is 5.62. The fraction of sp³-hybridized carbons (Fsp3) is 0.0476. The third kappa shape index (κ3) is 5.84. The normalized spacial score (nSPS) is 10.7. The van der Waals surface area contributed by atoms with E-state index >= 15 is 0 Å². The Kier molecular flexibility index (Phi) is 6.47. The summed E-state index contributed by atoms with van der Waals surface area (Å²) in [5.74, 6) is 0.120. The van der Waals surface area contributed by atoms with Crippen LogP contribution in [0.5, 0.6) is 5.75 Å². The van der Waals surface area contributed by atoms with Crippen molar-refractivity contribution in [2.45, 2.75) is 0 Å². The van der Waals surface area contributed by atoms with Crippen LogP contribution < -0.4 is 10.1 Å². The van der Waals surface area contributed by atoms with Gasteiger partial charge in [0.25, 0.3) is 5.91 Å². The molecule has 136 valence electrons. The van der Waals surface area contributed by atoms with Gasteiger partial charge in [-0.2, -0.15) is 0 Å². The largest absolute Gasteiger partial charge is 0.482 e. The van der Waals surface area contributed by atoms with Gasteiger partial charge >= 0.3 is 0 Å². The minimum absolute atomic E-state index is 0.157. The number of pyridine rings is 1. The third-order valence-corrected chi connectivity index (χ3v) is 4.09. The van der Waals surface area contributed by atoms with Crippen molar-refractivity contribution in [1.82, 2.24) is 4.98 Å². The fourth-order valence-corrected chi connectivity index (χ4v) is 2.77. The molecule has 3 aromatic rings. The lowest BCUT2D eigenvalue weighted by molar-refractivity contribution is -0.118. The Morgan fingerprint density at radius 1 is 1.04 bits per heavy atom. The molecule has 27 heavy (non-hydrogen) atoms. The third-order valence-electron chi connectivity index (χ3n) is 3.56. The number of carbonyl (C=O) groups is 1. The van der Waals surface area contributed by atoms with Crippen LogP contribution in [-0.4, -0.2) is 17.5 Å². The number of amides is 1. The molecule has 0 fully saturated rings. The lowest BCUT2D eigenvalue weighted by atomic mass is 10.1. The van der Waals surface area contributed by atoms with E-state index in [-0.39, 0.29) is 12.5 Å². The highest BCUT2D eigenvalue weighted by molar-refractivity contribution is 6.35. The second kappa shape index (κ2) is 9.21. The van der Waals surface area contributed by atoms with Crippen LogP contribution in [0.3, 0.4) is 0 Å². The molecule has 0 radical (unpaired) electrons. The summed E-state index contributed by atoms with van der Waals surface area (Å²) < 4.78 is 5.44. The van der Waals surface area contributed by atoms with Crippen molar-refractivity contribution in [3.8, 4) is 5.75 Å². The van der Waals surface area contributed by atoms with E-state index in [2.05, 4.69) is 10.3 Å². The highest BCUT2D eigenvalue weighted by Crippen LogP contribution is 2.27. The molecule has 0 aliphatic rings. The highest BCUT2D eigenvalue weighted by Gasteiger charge is 2.07. The molecule has 2 aromatic carbocycles. The molecule has 4 nitrogen and oxygen atoms in total. The van der Waals surface area contributed by atoms with Gasteiger partial charge in [-0.3, -0.25) is 9.78 Å². The first-order valence-electron chi connectivity index (χ1n) is 8.17. The SMILES string of the molecule is O=C(COc1ccc(Cl)cc1Cl)Nc1cccc(/C=C/c2ccccn2)c1. The van der Waals surface area contributed by atoms with Crippen molar-refractivity contribution < 1.29 is 9.53 Å². The predicted molar refractivity (Wildman–Crippen MR) is 110 cm³/mol. The van der Waals surface area contributed by atoms with E-state index in [1.807, 2.05) is 54.6 Å². The Morgan fingerprint density at radius 3 is 2.70 bits per heavy atom. The Balaban J connectivity index is 1.58. The molecular weight excluding hydrogens is 383 g/mol. The first kappa shape index (κ1) is 19.0. The van der Waals surface area contributed by atoms with Crippen LogP contribution in [-0.2, 0) is 4.79 Å². The molecule has 1 aromatic heterocycles. The molecule has 0 aliphatic carbocycles. The van der Waals surface area contributed by atoms with E-state index in [1.165, 1.54) is 0 Å². The lowest BCUT2D eigenvalue weighted by Gasteiger charge is -2.09. The van der Waals surface area contributed by atoms with Crippen molar-refractivity contribution in [3.05, 3.63) is 88.2 Å². The number of hydrogen-bond donors (Lipinski definition) is 1. The number of aromatic nitrogens is 1. The van der Waals surface area contributed by atoms with E-state index < -0.39 is 0 Å². The first-order chi connectivity index (χ1) is 13.1. The van der Waals surface area contributed by atoms with E-state index in [0.29, 0.717) is 21.5 Å². The van der Waals surface area contributed by atoms with Crippen LogP contribution in [0.2, 0.25) is 10.0 Å². The molecule has 1 N–H and O–H groups in total. The topological polar surface area (TPSA) is 51.2 Å². The molecule has 0 saturated heterocycles. The predicted octanol–water partition coefficient (Wildman–Crippen LogP) is 5.58. The number of ether oxygens (including phenoxy) is 1. The molecular formula is C21H16Cl2N2O2. The minimum atomic E-state index is -0.285. The maximum atomic E-state index is 12.1. The van der Waals surface area contributed by atoms with E-state index in [0.717, 1.165) is 11.3 Å². The number of carbonyl (C=O) groups excluding carboxylic acids is 1. The summed E-state index contributed by atoms with van der Waals surface area (Å²) in [6.45, 7) is -0.157. The second-order valence-corrected chi connectivity index (χ2v) is 6.47. The number of rotatable bonds is 6. The van der Waals surface area contributed by atoms with Crippen molar-refractivity contribution in [2.75, 3.05) is 11.9 Å². The molecule has 1 amide bonds. The molecule has 0 aliphatic heterocycles. The molecule has 0 spiro atoms. The Morgan fingerprint density at radius 2 is 1.93 bits per heavy atom. The van der Waals surface area contributed by atoms with E-state index in [4.69, 9.17) is 27.9 Å². The number of nitrogens with zero attached hydrogens (tertiary/aromatic N) is 1. The maximum absolute atomic E-state index is 12.1. The summed E-state index contributed by atoms with van der Waals surface area (Å²) in [5.41, 5.74) is 2.48. The van der Waals surface area contributed by atoms with Gasteiger partial charge in [0.15, 0.2) is 6.61 Å². The van der Waals surface area contributed by atoms with Gasteiger partial charge in [-0.1, -0.05) is 47.5 Å². The zero-order valence-electron chi connectivity index (χ0n) is 14.2. The molecule has 6 heteroatoms. The summed E-state index contributed by atoms with van der Waals surface area (Å²) in [6, 6.07) is 18.0. The van der Waals surface area contributed by atoms with E-state index in [1.54, 1.807) is 24.4 Å². The number of nitrogens with one attached hydrogen (secondary N) is 1. The quantitative estimate of drug-likeness (QED) is 0.589. The van der Waals surface area contributed by atoms with Gasteiger partial charge < -0.3 is 10.1 Å². The summed E-state index contributed by atoms with van der Waals surface area (Å²) in [4.78, 5) is 16.4. The van der Waals surface area contributed by atoms with Crippen LogP contribution >= 0.6 is 23.2 Å². The lowest BCUT2D eigenvalue weighted by Crippen LogP contribution is -2.20. The van der Waals surface area contributed by atoms with Crippen LogP contribution in [0.1, 0.15) is 11.3 Å². The van der Waals surface area contributed by atoms with Gasteiger partial charge in [-0.25, -0.2) is 0 Å². The number of hydrogen-bond acceptors (Lipinski definition) is 3. The number of anilines is 1. The monoisotopic (exact) mass is 398 g/mol. The van der Waals surface area contributed by atoms with Gasteiger partial charge in [-0.15, -0.1) is 0 Å². The van der Waals surface area contributed by atoms with Gasteiger partial charge in [-0.05, 0) is 54.1 Å². The van der Waals surface area contributed by atoms with Crippen molar-refractivity contribution >= 4 is 46.9 Å². The summed E-state index contributed by atoms with van der Waals surface area (Å²) in [7, 11) is 0. The van der Waals surface area contributed by atoms with Crippen molar-refractivity contribution in [1.29, 1.82) is 0 Å². The zero-order valence-corrected chi connectivity index (χ0v) is 15.7. The smallest absolute Gasteiger partial charge is 0.262 e. The molecule has 1 heterocycles. The average molecular weight is 399 g/mol. The highest BCUT2D eigenvalue weighted by atomic mass is 35.5.